The van der Waals surface area contributed by atoms with Crippen molar-refractivity contribution < 1.29 is 9.50 Å². The molecule has 1 saturated heterocycles. The van der Waals surface area contributed by atoms with Gasteiger partial charge in [0, 0.05) is 12.1 Å². The lowest BCUT2D eigenvalue weighted by Crippen LogP contribution is -2.49. The molecule has 0 radical (unpaired) electrons. The van der Waals surface area contributed by atoms with Gasteiger partial charge in [-0.05, 0) is 43.5 Å². The molecular formula is C16H25FN2O. The minimum absolute atomic E-state index is 0.00684. The third-order valence-corrected chi connectivity index (χ3v) is 4.33. The summed E-state index contributed by atoms with van der Waals surface area (Å²) in [6.07, 6.45) is 4.14. The van der Waals surface area contributed by atoms with Crippen molar-refractivity contribution in [3.05, 3.63) is 35.6 Å². The normalized spacial score (nSPS) is 23.5. The van der Waals surface area contributed by atoms with Crippen molar-refractivity contribution in [1.82, 2.24) is 4.90 Å². The summed E-state index contributed by atoms with van der Waals surface area (Å²) in [4.78, 5) is 2.31. The van der Waals surface area contributed by atoms with Crippen molar-refractivity contribution in [2.75, 3.05) is 13.2 Å². The summed E-state index contributed by atoms with van der Waals surface area (Å²) in [6.45, 7) is 3.17. The average molecular weight is 280 g/mol. The van der Waals surface area contributed by atoms with Crippen molar-refractivity contribution in [3.8, 4) is 0 Å². The van der Waals surface area contributed by atoms with Crippen LogP contribution < -0.4 is 5.73 Å². The smallest absolute Gasteiger partial charge is 0.123 e. The standard InChI is InChI=1S/C16H25FN2O/c1-2-15(18)16(12-6-8-13(17)9-7-12)19-10-4-3-5-14(19)11-20/h6-9,14-16,20H,2-5,10-11,18H2,1H3. The highest BCUT2D eigenvalue weighted by Gasteiger charge is 2.32. The zero-order valence-electron chi connectivity index (χ0n) is 12.1. The predicted octanol–water partition coefficient (Wildman–Crippen LogP) is 2.45. The van der Waals surface area contributed by atoms with Crippen LogP contribution in [0.3, 0.4) is 0 Å². The second-order valence-electron chi connectivity index (χ2n) is 5.64. The van der Waals surface area contributed by atoms with Crippen LogP contribution in [0.5, 0.6) is 0 Å². The van der Waals surface area contributed by atoms with Gasteiger partial charge in [0.05, 0.1) is 12.6 Å². The summed E-state index contributed by atoms with van der Waals surface area (Å²) in [6, 6.07) is 6.82. The van der Waals surface area contributed by atoms with Gasteiger partial charge in [-0.2, -0.15) is 0 Å². The molecule has 1 aromatic carbocycles. The van der Waals surface area contributed by atoms with E-state index in [0.29, 0.717) is 0 Å². The van der Waals surface area contributed by atoms with Gasteiger partial charge >= 0.3 is 0 Å². The molecule has 1 aromatic rings. The highest BCUT2D eigenvalue weighted by molar-refractivity contribution is 5.22. The van der Waals surface area contributed by atoms with Gasteiger partial charge in [0.15, 0.2) is 0 Å². The number of likely N-dealkylation sites (tertiary alicyclic amines) is 1. The molecule has 0 aromatic heterocycles. The van der Waals surface area contributed by atoms with E-state index in [1.54, 1.807) is 0 Å². The SMILES string of the molecule is CCC(N)C(c1ccc(F)cc1)N1CCCCC1CO. The fourth-order valence-corrected chi connectivity index (χ4v) is 3.15. The summed E-state index contributed by atoms with van der Waals surface area (Å²) in [5.41, 5.74) is 7.36. The van der Waals surface area contributed by atoms with Crippen molar-refractivity contribution in [2.45, 2.75) is 50.7 Å². The molecule has 1 aliphatic rings. The minimum Gasteiger partial charge on any atom is -0.395 e. The molecular weight excluding hydrogens is 255 g/mol. The highest BCUT2D eigenvalue weighted by atomic mass is 19.1. The van der Waals surface area contributed by atoms with Crippen molar-refractivity contribution in [3.63, 3.8) is 0 Å². The first-order valence-corrected chi connectivity index (χ1v) is 7.55. The van der Waals surface area contributed by atoms with E-state index >= 15 is 0 Å². The van der Waals surface area contributed by atoms with Gasteiger partial charge in [-0.15, -0.1) is 0 Å². The maximum atomic E-state index is 13.1. The molecule has 20 heavy (non-hydrogen) atoms. The Bertz CT molecular complexity index is 409. The molecule has 112 valence electrons. The zero-order chi connectivity index (χ0) is 14.5. The molecule has 3 atom stereocenters. The Morgan fingerprint density at radius 1 is 1.35 bits per heavy atom. The Kier molecular flexibility index (Phi) is 5.52. The summed E-state index contributed by atoms with van der Waals surface area (Å²) in [5, 5.41) is 9.61. The van der Waals surface area contributed by atoms with Crippen LogP contribution in [-0.2, 0) is 0 Å². The molecule has 1 aliphatic heterocycles. The molecule has 0 saturated carbocycles. The quantitative estimate of drug-likeness (QED) is 0.871. The summed E-state index contributed by atoms with van der Waals surface area (Å²) >= 11 is 0. The number of halogens is 1. The number of aliphatic hydroxyl groups is 1. The second-order valence-corrected chi connectivity index (χ2v) is 5.64. The van der Waals surface area contributed by atoms with Crippen LogP contribution >= 0.6 is 0 Å². The number of aliphatic hydroxyl groups excluding tert-OH is 1. The van der Waals surface area contributed by atoms with E-state index in [9.17, 15) is 9.50 Å². The van der Waals surface area contributed by atoms with Gasteiger partial charge in [0.25, 0.3) is 0 Å². The number of nitrogens with zero attached hydrogens (tertiary/aromatic N) is 1. The first-order chi connectivity index (χ1) is 9.67. The first kappa shape index (κ1) is 15.4. The molecule has 0 spiro atoms. The van der Waals surface area contributed by atoms with E-state index in [0.717, 1.165) is 37.8 Å². The number of hydrogen-bond donors (Lipinski definition) is 2. The van der Waals surface area contributed by atoms with Crippen LogP contribution in [-0.4, -0.2) is 35.2 Å². The Hall–Kier alpha value is -0.970. The first-order valence-electron chi connectivity index (χ1n) is 7.55. The monoisotopic (exact) mass is 280 g/mol. The third kappa shape index (κ3) is 3.37. The number of nitrogens with two attached hydrogens (primary N) is 1. The van der Waals surface area contributed by atoms with Gasteiger partial charge in [-0.1, -0.05) is 25.5 Å². The van der Waals surface area contributed by atoms with E-state index in [1.165, 1.54) is 12.1 Å². The van der Waals surface area contributed by atoms with E-state index in [1.807, 2.05) is 12.1 Å². The number of benzene rings is 1. The zero-order valence-corrected chi connectivity index (χ0v) is 12.1. The van der Waals surface area contributed by atoms with Gasteiger partial charge in [-0.25, -0.2) is 4.39 Å². The van der Waals surface area contributed by atoms with Crippen LogP contribution in [0.15, 0.2) is 24.3 Å². The topological polar surface area (TPSA) is 49.5 Å². The molecule has 2 rings (SSSR count). The van der Waals surface area contributed by atoms with E-state index < -0.39 is 0 Å². The van der Waals surface area contributed by atoms with Crippen molar-refractivity contribution in [2.24, 2.45) is 5.73 Å². The lowest BCUT2D eigenvalue weighted by molar-refractivity contribution is 0.0416. The summed E-state index contributed by atoms with van der Waals surface area (Å²) in [5.74, 6) is -0.227. The third-order valence-electron chi connectivity index (χ3n) is 4.33. The Morgan fingerprint density at radius 3 is 2.65 bits per heavy atom. The fraction of sp³-hybridized carbons (Fsp3) is 0.625. The maximum Gasteiger partial charge on any atom is 0.123 e. The van der Waals surface area contributed by atoms with Crippen molar-refractivity contribution in [1.29, 1.82) is 0 Å². The van der Waals surface area contributed by atoms with Gasteiger partial charge in [0.1, 0.15) is 5.82 Å². The minimum atomic E-state index is -0.227. The fourth-order valence-electron chi connectivity index (χ4n) is 3.15. The van der Waals surface area contributed by atoms with Gasteiger partial charge < -0.3 is 10.8 Å². The molecule has 0 aliphatic carbocycles. The Labute approximate surface area is 120 Å². The van der Waals surface area contributed by atoms with Crippen LogP contribution in [0, 0.1) is 5.82 Å². The lowest BCUT2D eigenvalue weighted by atomic mass is 9.91. The molecule has 1 fully saturated rings. The molecule has 3 N–H and O–H groups in total. The second kappa shape index (κ2) is 7.16. The van der Waals surface area contributed by atoms with Crippen LogP contribution in [0.2, 0.25) is 0 Å². The number of rotatable bonds is 5. The van der Waals surface area contributed by atoms with Crippen LogP contribution in [0.1, 0.15) is 44.2 Å². The van der Waals surface area contributed by atoms with Crippen LogP contribution in [0.25, 0.3) is 0 Å². The van der Waals surface area contributed by atoms with Gasteiger partial charge in [-0.3, -0.25) is 4.90 Å². The summed E-state index contributed by atoms with van der Waals surface area (Å²) in [7, 11) is 0. The average Bonchev–Trinajstić information content (AvgIpc) is 2.49. The van der Waals surface area contributed by atoms with E-state index in [2.05, 4.69) is 11.8 Å². The summed E-state index contributed by atoms with van der Waals surface area (Å²) < 4.78 is 13.1. The van der Waals surface area contributed by atoms with Gasteiger partial charge in [0.2, 0.25) is 0 Å². The molecule has 1 heterocycles. The largest absolute Gasteiger partial charge is 0.395 e. The maximum absolute atomic E-state index is 13.1. The predicted molar refractivity (Wildman–Crippen MR) is 78.8 cm³/mol. The molecule has 0 bridgehead atoms. The van der Waals surface area contributed by atoms with Crippen molar-refractivity contribution >= 4 is 0 Å². The van der Waals surface area contributed by atoms with E-state index in [-0.39, 0.29) is 30.5 Å². The van der Waals surface area contributed by atoms with E-state index in [4.69, 9.17) is 5.73 Å². The Balaban J connectivity index is 2.28. The molecule has 3 nitrogen and oxygen atoms in total. The number of piperidine rings is 1. The molecule has 3 unspecified atom stereocenters. The van der Waals surface area contributed by atoms with Crippen LogP contribution in [0.4, 0.5) is 4.39 Å². The number of hydrogen-bond acceptors (Lipinski definition) is 3. The lowest BCUT2D eigenvalue weighted by Gasteiger charge is -2.43. The molecule has 0 amide bonds. The highest BCUT2D eigenvalue weighted by Crippen LogP contribution is 2.31. The Morgan fingerprint density at radius 2 is 2.05 bits per heavy atom. The molecule has 4 heteroatoms.